The van der Waals surface area contributed by atoms with E-state index in [-0.39, 0.29) is 11.9 Å². The van der Waals surface area contributed by atoms with E-state index in [1.807, 2.05) is 18.7 Å². The Morgan fingerprint density at radius 1 is 1.44 bits per heavy atom. The van der Waals surface area contributed by atoms with Gasteiger partial charge in [0.2, 0.25) is 5.60 Å². The maximum absolute atomic E-state index is 12.6. The highest BCUT2D eigenvalue weighted by molar-refractivity contribution is 5.94. The zero-order valence-electron chi connectivity index (χ0n) is 11.1. The Bertz CT molecular complexity index is 395. The zero-order chi connectivity index (χ0) is 12.9. The summed E-state index contributed by atoms with van der Waals surface area (Å²) in [6, 6.07) is 0.282. The van der Waals surface area contributed by atoms with Crippen molar-refractivity contribution >= 4 is 11.6 Å². The van der Waals surface area contributed by atoms with E-state index < -0.39 is 5.60 Å². The number of hydrogen-bond acceptors (Lipinski definition) is 4. The first-order valence-corrected chi connectivity index (χ1v) is 6.76. The van der Waals surface area contributed by atoms with E-state index in [2.05, 4.69) is 5.16 Å². The predicted molar refractivity (Wildman–Crippen MR) is 68.0 cm³/mol. The summed E-state index contributed by atoms with van der Waals surface area (Å²) in [4.78, 5) is 19.9. The van der Waals surface area contributed by atoms with Crippen molar-refractivity contribution in [1.29, 1.82) is 0 Å². The second-order valence-electron chi connectivity index (χ2n) is 6.21. The molecule has 4 atom stereocenters. The summed E-state index contributed by atoms with van der Waals surface area (Å²) in [6.45, 7) is 5.31. The van der Waals surface area contributed by atoms with Crippen LogP contribution in [0.3, 0.4) is 0 Å². The molecule has 5 nitrogen and oxygen atoms in total. The average Bonchev–Trinajstić information content (AvgIpc) is 2.76. The number of amides is 1. The van der Waals surface area contributed by atoms with Gasteiger partial charge in [-0.2, -0.15) is 0 Å². The lowest BCUT2D eigenvalue weighted by Crippen LogP contribution is -2.56. The van der Waals surface area contributed by atoms with Crippen LogP contribution in [0.25, 0.3) is 0 Å². The normalized spacial score (nSPS) is 42.7. The van der Waals surface area contributed by atoms with Crippen molar-refractivity contribution in [3.63, 3.8) is 0 Å². The van der Waals surface area contributed by atoms with E-state index >= 15 is 0 Å². The summed E-state index contributed by atoms with van der Waals surface area (Å²) >= 11 is 0. The molecule has 1 amide bonds. The Hall–Kier alpha value is -1.10. The number of carbonyl (C=O) groups is 1. The summed E-state index contributed by atoms with van der Waals surface area (Å²) in [5, 5.41) is 3.92. The van der Waals surface area contributed by atoms with Gasteiger partial charge in [-0.3, -0.25) is 4.79 Å². The standard InChI is InChI=1S/C13H21N3O2/c1-8-5-13(2,18-15-8)12(17)16-6-9-3-4-10(7-16)11(9)14/h9-11H,3-7,14H2,1-2H3/t9-,10+,11?,13?. The highest BCUT2D eigenvalue weighted by atomic mass is 16.7. The van der Waals surface area contributed by atoms with Gasteiger partial charge >= 0.3 is 0 Å². The van der Waals surface area contributed by atoms with Crippen molar-refractivity contribution in [2.75, 3.05) is 13.1 Å². The third kappa shape index (κ3) is 1.72. The van der Waals surface area contributed by atoms with Crippen LogP contribution in [-0.4, -0.2) is 41.3 Å². The minimum absolute atomic E-state index is 0.0758. The van der Waals surface area contributed by atoms with Crippen LogP contribution < -0.4 is 5.73 Å². The SMILES string of the molecule is CC1=NOC(C)(C(=O)N2C[C@H]3CC[C@@H](C2)C3N)C1. The maximum Gasteiger partial charge on any atom is 0.269 e. The van der Waals surface area contributed by atoms with Crippen LogP contribution in [-0.2, 0) is 9.63 Å². The molecule has 3 aliphatic rings. The topological polar surface area (TPSA) is 67.9 Å². The van der Waals surface area contributed by atoms with Gasteiger partial charge in [0, 0.05) is 25.6 Å². The Morgan fingerprint density at radius 3 is 2.56 bits per heavy atom. The van der Waals surface area contributed by atoms with Gasteiger partial charge in [0.25, 0.3) is 5.91 Å². The van der Waals surface area contributed by atoms with Crippen molar-refractivity contribution in [2.45, 2.75) is 44.8 Å². The average molecular weight is 251 g/mol. The van der Waals surface area contributed by atoms with Crippen LogP contribution in [0.2, 0.25) is 0 Å². The molecule has 2 heterocycles. The smallest absolute Gasteiger partial charge is 0.269 e. The number of nitrogens with zero attached hydrogens (tertiary/aromatic N) is 2. The van der Waals surface area contributed by atoms with E-state index in [1.165, 1.54) is 0 Å². The number of carbonyl (C=O) groups excluding carboxylic acids is 1. The van der Waals surface area contributed by atoms with Crippen molar-refractivity contribution in [3.8, 4) is 0 Å². The van der Waals surface area contributed by atoms with Crippen molar-refractivity contribution in [1.82, 2.24) is 4.90 Å². The molecule has 2 bridgehead atoms. The number of likely N-dealkylation sites (tertiary alicyclic amines) is 1. The first-order valence-electron chi connectivity index (χ1n) is 6.76. The van der Waals surface area contributed by atoms with E-state index in [1.54, 1.807) is 0 Å². The molecule has 2 N–H and O–H groups in total. The number of rotatable bonds is 1. The molecule has 0 aromatic heterocycles. The van der Waals surface area contributed by atoms with E-state index in [4.69, 9.17) is 10.6 Å². The summed E-state index contributed by atoms with van der Waals surface area (Å²) in [6.07, 6.45) is 2.91. The first kappa shape index (κ1) is 12.0. The van der Waals surface area contributed by atoms with Crippen molar-refractivity contribution in [3.05, 3.63) is 0 Å². The Balaban J connectivity index is 1.71. The molecule has 0 spiro atoms. The Kier molecular flexibility index (Phi) is 2.62. The fourth-order valence-corrected chi connectivity index (χ4v) is 3.61. The molecule has 2 fully saturated rings. The molecular formula is C13H21N3O2. The Morgan fingerprint density at radius 2 is 2.06 bits per heavy atom. The summed E-state index contributed by atoms with van der Waals surface area (Å²) in [7, 11) is 0. The second kappa shape index (κ2) is 3.95. The minimum atomic E-state index is -0.787. The van der Waals surface area contributed by atoms with Crippen molar-refractivity contribution in [2.24, 2.45) is 22.7 Å². The van der Waals surface area contributed by atoms with Gasteiger partial charge in [0.1, 0.15) is 0 Å². The summed E-state index contributed by atoms with van der Waals surface area (Å²) < 4.78 is 0. The number of oxime groups is 1. The molecule has 1 aliphatic carbocycles. The van der Waals surface area contributed by atoms with Gasteiger partial charge in [-0.1, -0.05) is 5.16 Å². The molecule has 0 aromatic rings. The predicted octanol–water partition coefficient (Wildman–Crippen LogP) is 0.737. The van der Waals surface area contributed by atoms with Crippen LogP contribution in [0.4, 0.5) is 0 Å². The molecule has 0 radical (unpaired) electrons. The third-order valence-electron chi connectivity index (χ3n) is 4.64. The molecule has 1 saturated carbocycles. The number of fused-ring (bicyclic) bond motifs is 2. The minimum Gasteiger partial charge on any atom is -0.379 e. The molecule has 5 heteroatoms. The molecule has 2 aliphatic heterocycles. The lowest BCUT2D eigenvalue weighted by Gasteiger charge is -2.38. The maximum atomic E-state index is 12.6. The van der Waals surface area contributed by atoms with E-state index in [0.29, 0.717) is 18.3 Å². The lowest BCUT2D eigenvalue weighted by molar-refractivity contribution is -0.155. The summed E-state index contributed by atoms with van der Waals surface area (Å²) in [5.74, 6) is 1.02. The highest BCUT2D eigenvalue weighted by Crippen LogP contribution is 2.37. The van der Waals surface area contributed by atoms with Gasteiger partial charge in [0.15, 0.2) is 0 Å². The molecule has 18 heavy (non-hydrogen) atoms. The fourth-order valence-electron chi connectivity index (χ4n) is 3.61. The number of piperidine rings is 1. The van der Waals surface area contributed by atoms with Gasteiger partial charge in [0.05, 0.1) is 5.71 Å². The molecule has 2 unspecified atom stereocenters. The van der Waals surface area contributed by atoms with Crippen LogP contribution in [0, 0.1) is 11.8 Å². The molecule has 0 aromatic carbocycles. The largest absolute Gasteiger partial charge is 0.379 e. The van der Waals surface area contributed by atoms with Crippen LogP contribution in [0.5, 0.6) is 0 Å². The first-order chi connectivity index (χ1) is 8.49. The number of nitrogens with two attached hydrogens (primary N) is 1. The van der Waals surface area contributed by atoms with Gasteiger partial charge in [-0.25, -0.2) is 0 Å². The van der Waals surface area contributed by atoms with E-state index in [0.717, 1.165) is 31.6 Å². The Labute approximate surface area is 107 Å². The van der Waals surface area contributed by atoms with Gasteiger partial charge in [-0.05, 0) is 38.5 Å². The molecule has 1 saturated heterocycles. The molecule has 100 valence electrons. The monoisotopic (exact) mass is 251 g/mol. The number of hydrogen-bond donors (Lipinski definition) is 1. The molecular weight excluding hydrogens is 230 g/mol. The highest BCUT2D eigenvalue weighted by Gasteiger charge is 2.48. The third-order valence-corrected chi connectivity index (χ3v) is 4.64. The summed E-state index contributed by atoms with van der Waals surface area (Å²) in [5.41, 5.74) is 6.27. The zero-order valence-corrected chi connectivity index (χ0v) is 11.1. The van der Waals surface area contributed by atoms with Crippen LogP contribution in [0.15, 0.2) is 5.16 Å². The lowest BCUT2D eigenvalue weighted by atomic mass is 9.90. The second-order valence-corrected chi connectivity index (χ2v) is 6.21. The fraction of sp³-hybridized carbons (Fsp3) is 0.846. The van der Waals surface area contributed by atoms with Crippen molar-refractivity contribution < 1.29 is 9.63 Å². The van der Waals surface area contributed by atoms with Crippen LogP contribution in [0.1, 0.15) is 33.1 Å². The van der Waals surface area contributed by atoms with Crippen LogP contribution >= 0.6 is 0 Å². The van der Waals surface area contributed by atoms with Gasteiger partial charge < -0.3 is 15.5 Å². The quantitative estimate of drug-likeness (QED) is 0.747. The van der Waals surface area contributed by atoms with Gasteiger partial charge in [-0.15, -0.1) is 0 Å². The molecule has 3 rings (SSSR count). The van der Waals surface area contributed by atoms with E-state index in [9.17, 15) is 4.79 Å².